The number of carbonyl (C=O) groups excluding carboxylic acids is 1. The first-order valence-electron chi connectivity index (χ1n) is 8.32. The number of halogens is 2. The van der Waals surface area contributed by atoms with Crippen molar-refractivity contribution in [2.75, 3.05) is 18.4 Å². The third-order valence-corrected chi connectivity index (χ3v) is 5.28. The lowest BCUT2D eigenvalue weighted by Gasteiger charge is -2.32. The van der Waals surface area contributed by atoms with Crippen LogP contribution in [0.2, 0.25) is 10.0 Å². The highest BCUT2D eigenvalue weighted by Crippen LogP contribution is 2.40. The summed E-state index contributed by atoms with van der Waals surface area (Å²) in [5.41, 5.74) is 2.41. The minimum atomic E-state index is -0.351. The SMILES string of the molecule is CC1=C(C(=O)N2CCCC2)C(c2cccc(Cl)c2)n2ncc(Cl)c2N1. The maximum Gasteiger partial charge on any atom is 0.254 e. The molecule has 0 spiro atoms. The lowest BCUT2D eigenvalue weighted by Crippen LogP contribution is -2.36. The number of allylic oxidation sites excluding steroid dienone is 1. The Morgan fingerprint density at radius 2 is 2.04 bits per heavy atom. The molecule has 1 saturated heterocycles. The zero-order chi connectivity index (χ0) is 17.6. The second kappa shape index (κ2) is 6.39. The quantitative estimate of drug-likeness (QED) is 0.857. The van der Waals surface area contributed by atoms with Crippen LogP contribution in [0, 0.1) is 0 Å². The van der Waals surface area contributed by atoms with Gasteiger partial charge in [-0.1, -0.05) is 35.3 Å². The Bertz CT molecular complexity index is 868. The molecule has 1 amide bonds. The van der Waals surface area contributed by atoms with Crippen LogP contribution in [0.5, 0.6) is 0 Å². The molecule has 7 heteroatoms. The number of carbonyl (C=O) groups is 1. The molecular formula is C18H18Cl2N4O. The van der Waals surface area contributed by atoms with Crippen LogP contribution in [0.15, 0.2) is 41.7 Å². The van der Waals surface area contributed by atoms with Crippen LogP contribution >= 0.6 is 23.2 Å². The van der Waals surface area contributed by atoms with Gasteiger partial charge in [0, 0.05) is 23.8 Å². The van der Waals surface area contributed by atoms with E-state index < -0.39 is 0 Å². The highest BCUT2D eigenvalue weighted by Gasteiger charge is 2.36. The second-order valence-electron chi connectivity index (χ2n) is 6.41. The first-order chi connectivity index (χ1) is 12.1. The van der Waals surface area contributed by atoms with Gasteiger partial charge in [0.1, 0.15) is 16.9 Å². The summed E-state index contributed by atoms with van der Waals surface area (Å²) in [7, 11) is 0. The van der Waals surface area contributed by atoms with E-state index in [4.69, 9.17) is 23.2 Å². The van der Waals surface area contributed by atoms with Crippen molar-refractivity contribution in [3.8, 4) is 0 Å². The summed E-state index contributed by atoms with van der Waals surface area (Å²) >= 11 is 12.5. The molecule has 4 rings (SSSR count). The summed E-state index contributed by atoms with van der Waals surface area (Å²) < 4.78 is 1.77. The van der Waals surface area contributed by atoms with Gasteiger partial charge in [0.15, 0.2) is 0 Å². The van der Waals surface area contributed by atoms with E-state index in [1.807, 2.05) is 36.1 Å². The Kier molecular flexibility index (Phi) is 4.21. The van der Waals surface area contributed by atoms with E-state index in [0.29, 0.717) is 21.4 Å². The van der Waals surface area contributed by atoms with E-state index in [1.54, 1.807) is 10.9 Å². The molecule has 2 aliphatic rings. The van der Waals surface area contributed by atoms with Crippen molar-refractivity contribution in [3.05, 3.63) is 57.3 Å². The predicted molar refractivity (Wildman–Crippen MR) is 99.0 cm³/mol. The topological polar surface area (TPSA) is 50.2 Å². The van der Waals surface area contributed by atoms with E-state index >= 15 is 0 Å². The largest absolute Gasteiger partial charge is 0.342 e. The minimum Gasteiger partial charge on any atom is -0.342 e. The molecule has 1 atom stereocenters. The number of likely N-dealkylation sites (tertiary alicyclic amines) is 1. The highest BCUT2D eigenvalue weighted by molar-refractivity contribution is 6.33. The standard InChI is InChI=1S/C18H18Cl2N4O/c1-11-15(18(25)23-7-2-3-8-23)16(12-5-4-6-13(19)9-12)24-17(22-11)14(20)10-21-24/h4-6,9-10,16,22H,2-3,7-8H2,1H3. The summed E-state index contributed by atoms with van der Waals surface area (Å²) in [6, 6.07) is 7.20. The van der Waals surface area contributed by atoms with Gasteiger partial charge < -0.3 is 10.2 Å². The molecule has 0 radical (unpaired) electrons. The molecule has 0 saturated carbocycles. The molecule has 1 aromatic heterocycles. The zero-order valence-corrected chi connectivity index (χ0v) is 15.3. The van der Waals surface area contributed by atoms with Crippen LogP contribution < -0.4 is 5.32 Å². The molecule has 2 aliphatic heterocycles. The van der Waals surface area contributed by atoms with Crippen LogP contribution in [0.4, 0.5) is 5.82 Å². The molecule has 1 fully saturated rings. The van der Waals surface area contributed by atoms with Crippen LogP contribution in [-0.2, 0) is 4.79 Å². The highest BCUT2D eigenvalue weighted by atomic mass is 35.5. The summed E-state index contributed by atoms with van der Waals surface area (Å²) in [6.45, 7) is 3.50. The Morgan fingerprint density at radius 3 is 2.76 bits per heavy atom. The Labute approximate surface area is 156 Å². The van der Waals surface area contributed by atoms with Crippen molar-refractivity contribution in [3.63, 3.8) is 0 Å². The number of benzene rings is 1. The van der Waals surface area contributed by atoms with Crippen LogP contribution in [0.3, 0.4) is 0 Å². The molecule has 1 aromatic carbocycles. The molecular weight excluding hydrogens is 359 g/mol. The van der Waals surface area contributed by atoms with Crippen molar-refractivity contribution in [2.24, 2.45) is 0 Å². The van der Waals surface area contributed by atoms with Gasteiger partial charge in [0.2, 0.25) is 0 Å². The van der Waals surface area contributed by atoms with Crippen molar-refractivity contribution < 1.29 is 4.79 Å². The summed E-state index contributed by atoms with van der Waals surface area (Å²) in [6.07, 6.45) is 3.69. The first kappa shape index (κ1) is 16.5. The fraction of sp³-hybridized carbons (Fsp3) is 0.333. The van der Waals surface area contributed by atoms with E-state index in [0.717, 1.165) is 37.2 Å². The number of nitrogens with one attached hydrogen (secondary N) is 1. The summed E-state index contributed by atoms with van der Waals surface area (Å²) in [5.74, 6) is 0.742. The fourth-order valence-corrected chi connectivity index (χ4v) is 3.95. The molecule has 2 aromatic rings. The fourth-order valence-electron chi connectivity index (χ4n) is 3.58. The molecule has 3 heterocycles. The van der Waals surface area contributed by atoms with Gasteiger partial charge in [0.25, 0.3) is 5.91 Å². The van der Waals surface area contributed by atoms with Gasteiger partial charge in [-0.05, 0) is 37.5 Å². The zero-order valence-electron chi connectivity index (χ0n) is 13.8. The number of amides is 1. The van der Waals surface area contributed by atoms with Crippen molar-refractivity contribution in [1.29, 1.82) is 0 Å². The van der Waals surface area contributed by atoms with Crippen molar-refractivity contribution >= 4 is 34.9 Å². The number of aromatic nitrogens is 2. The van der Waals surface area contributed by atoms with Gasteiger partial charge in [0.05, 0.1) is 11.8 Å². The van der Waals surface area contributed by atoms with Gasteiger partial charge in [-0.3, -0.25) is 4.79 Å². The molecule has 130 valence electrons. The van der Waals surface area contributed by atoms with Gasteiger partial charge in [-0.25, -0.2) is 4.68 Å². The Hall–Kier alpha value is -1.98. The van der Waals surface area contributed by atoms with E-state index in [-0.39, 0.29) is 11.9 Å². The Balaban J connectivity index is 1.86. The number of rotatable bonds is 2. The third kappa shape index (κ3) is 2.81. The van der Waals surface area contributed by atoms with Crippen LogP contribution in [0.1, 0.15) is 31.4 Å². The molecule has 1 N–H and O–H groups in total. The molecule has 5 nitrogen and oxygen atoms in total. The number of hydrogen-bond acceptors (Lipinski definition) is 3. The van der Waals surface area contributed by atoms with Gasteiger partial charge >= 0.3 is 0 Å². The van der Waals surface area contributed by atoms with Gasteiger partial charge in [-0.15, -0.1) is 0 Å². The van der Waals surface area contributed by atoms with Crippen molar-refractivity contribution in [1.82, 2.24) is 14.7 Å². The normalized spacial score (nSPS) is 19.8. The molecule has 1 unspecified atom stereocenters. The number of anilines is 1. The van der Waals surface area contributed by atoms with Crippen LogP contribution in [-0.4, -0.2) is 33.7 Å². The average Bonchev–Trinajstić information content (AvgIpc) is 3.24. The van der Waals surface area contributed by atoms with Gasteiger partial charge in [-0.2, -0.15) is 5.10 Å². The van der Waals surface area contributed by atoms with E-state index in [1.165, 1.54) is 0 Å². The average molecular weight is 377 g/mol. The smallest absolute Gasteiger partial charge is 0.254 e. The molecule has 0 bridgehead atoms. The lowest BCUT2D eigenvalue weighted by atomic mass is 9.94. The van der Waals surface area contributed by atoms with Crippen LogP contribution in [0.25, 0.3) is 0 Å². The second-order valence-corrected chi connectivity index (χ2v) is 7.25. The lowest BCUT2D eigenvalue weighted by molar-refractivity contribution is -0.126. The maximum atomic E-state index is 13.2. The number of fused-ring (bicyclic) bond motifs is 1. The number of hydrogen-bond donors (Lipinski definition) is 1. The number of nitrogens with zero attached hydrogens (tertiary/aromatic N) is 3. The Morgan fingerprint density at radius 1 is 1.28 bits per heavy atom. The summed E-state index contributed by atoms with van der Waals surface area (Å²) in [4.78, 5) is 15.1. The maximum absolute atomic E-state index is 13.2. The predicted octanol–water partition coefficient (Wildman–Crippen LogP) is 4.10. The first-order valence-corrected chi connectivity index (χ1v) is 9.07. The third-order valence-electron chi connectivity index (χ3n) is 4.77. The van der Waals surface area contributed by atoms with Crippen molar-refractivity contribution in [2.45, 2.75) is 25.8 Å². The van der Waals surface area contributed by atoms with E-state index in [9.17, 15) is 4.79 Å². The summed E-state index contributed by atoms with van der Waals surface area (Å²) in [5, 5.41) is 8.81. The minimum absolute atomic E-state index is 0.0461. The van der Waals surface area contributed by atoms with E-state index in [2.05, 4.69) is 10.4 Å². The molecule has 0 aliphatic carbocycles. The monoisotopic (exact) mass is 376 g/mol. The molecule has 25 heavy (non-hydrogen) atoms.